The lowest BCUT2D eigenvalue weighted by Crippen LogP contribution is -2.18. The summed E-state index contributed by atoms with van der Waals surface area (Å²) >= 11 is 0. The Bertz CT molecular complexity index is 718. The highest BCUT2D eigenvalue weighted by atomic mass is 19.1. The average molecular weight is 268 g/mol. The Morgan fingerprint density at radius 3 is 2.85 bits per heavy atom. The molecule has 1 aromatic heterocycles. The van der Waals surface area contributed by atoms with Gasteiger partial charge in [0, 0.05) is 29.7 Å². The van der Waals surface area contributed by atoms with Crippen molar-refractivity contribution in [3.63, 3.8) is 0 Å². The quantitative estimate of drug-likeness (QED) is 0.730. The highest BCUT2D eigenvalue weighted by Gasteiger charge is 2.07. The Morgan fingerprint density at radius 1 is 1.15 bits per heavy atom. The minimum absolute atomic E-state index is 0.111. The third-order valence-electron chi connectivity index (χ3n) is 3.63. The van der Waals surface area contributed by atoms with Crippen molar-refractivity contribution in [1.82, 2.24) is 10.3 Å². The van der Waals surface area contributed by atoms with Gasteiger partial charge in [0.15, 0.2) is 0 Å². The van der Waals surface area contributed by atoms with Crippen LogP contribution in [0.3, 0.4) is 0 Å². The van der Waals surface area contributed by atoms with Crippen LogP contribution in [0, 0.1) is 5.82 Å². The topological polar surface area (TPSA) is 27.8 Å². The maximum Gasteiger partial charge on any atom is 0.123 e. The van der Waals surface area contributed by atoms with E-state index in [1.54, 1.807) is 12.1 Å². The zero-order valence-corrected chi connectivity index (χ0v) is 11.4. The number of benzene rings is 2. The van der Waals surface area contributed by atoms with Crippen LogP contribution in [0.25, 0.3) is 10.9 Å². The van der Waals surface area contributed by atoms with Gasteiger partial charge >= 0.3 is 0 Å². The van der Waals surface area contributed by atoms with Gasteiger partial charge in [0.25, 0.3) is 0 Å². The number of aromatic nitrogens is 1. The maximum absolute atomic E-state index is 13.2. The molecular formula is C17H17FN2. The molecule has 2 aromatic carbocycles. The zero-order valence-electron chi connectivity index (χ0n) is 11.4. The van der Waals surface area contributed by atoms with E-state index < -0.39 is 0 Å². The summed E-state index contributed by atoms with van der Waals surface area (Å²) in [5.74, 6) is -0.191. The molecule has 1 heterocycles. The van der Waals surface area contributed by atoms with E-state index in [-0.39, 0.29) is 11.9 Å². The van der Waals surface area contributed by atoms with Crippen LogP contribution in [0.2, 0.25) is 0 Å². The summed E-state index contributed by atoms with van der Waals surface area (Å²) in [5.41, 5.74) is 3.35. The zero-order chi connectivity index (χ0) is 13.9. The second-order valence-corrected chi connectivity index (χ2v) is 5.01. The van der Waals surface area contributed by atoms with Gasteiger partial charge in [0.1, 0.15) is 5.82 Å². The Hall–Kier alpha value is -2.13. The summed E-state index contributed by atoms with van der Waals surface area (Å²) in [6, 6.07) is 15.1. The molecule has 20 heavy (non-hydrogen) atoms. The standard InChI is InChI=1S/C17H17FN2/c1-12(13-4-2-6-15(18)10-13)20-11-14-5-3-7-17-16(14)8-9-19-17/h2-10,12,19-20H,11H2,1H3. The molecule has 0 saturated carbocycles. The van der Waals surface area contributed by atoms with Crippen LogP contribution in [-0.4, -0.2) is 4.98 Å². The first-order chi connectivity index (χ1) is 9.74. The van der Waals surface area contributed by atoms with Crippen LogP contribution in [0.5, 0.6) is 0 Å². The fourth-order valence-corrected chi connectivity index (χ4v) is 2.46. The number of nitrogens with one attached hydrogen (secondary N) is 2. The van der Waals surface area contributed by atoms with E-state index in [1.165, 1.54) is 17.0 Å². The Kier molecular flexibility index (Phi) is 3.52. The van der Waals surface area contributed by atoms with E-state index in [1.807, 2.05) is 25.3 Å². The van der Waals surface area contributed by atoms with Gasteiger partial charge in [-0.2, -0.15) is 0 Å². The SMILES string of the molecule is CC(NCc1cccc2[nH]ccc12)c1cccc(F)c1. The van der Waals surface area contributed by atoms with Crippen LogP contribution in [0.15, 0.2) is 54.7 Å². The predicted octanol–water partition coefficient (Wildman–Crippen LogP) is 4.16. The summed E-state index contributed by atoms with van der Waals surface area (Å²) in [4.78, 5) is 3.21. The van der Waals surface area contributed by atoms with Crippen LogP contribution in [0.1, 0.15) is 24.1 Å². The van der Waals surface area contributed by atoms with Gasteiger partial charge in [-0.05, 0) is 42.3 Å². The molecule has 0 aliphatic carbocycles. The van der Waals surface area contributed by atoms with E-state index in [0.29, 0.717) is 0 Å². The van der Waals surface area contributed by atoms with Crippen LogP contribution in [0.4, 0.5) is 4.39 Å². The summed E-state index contributed by atoms with van der Waals surface area (Å²) < 4.78 is 13.2. The molecule has 0 aliphatic rings. The largest absolute Gasteiger partial charge is 0.361 e. The number of hydrogen-bond donors (Lipinski definition) is 2. The number of rotatable bonds is 4. The van der Waals surface area contributed by atoms with Crippen molar-refractivity contribution >= 4 is 10.9 Å². The highest BCUT2D eigenvalue weighted by Crippen LogP contribution is 2.19. The highest BCUT2D eigenvalue weighted by molar-refractivity contribution is 5.82. The van der Waals surface area contributed by atoms with E-state index in [0.717, 1.165) is 17.6 Å². The van der Waals surface area contributed by atoms with Crippen molar-refractivity contribution in [1.29, 1.82) is 0 Å². The van der Waals surface area contributed by atoms with Crippen molar-refractivity contribution < 1.29 is 4.39 Å². The lowest BCUT2D eigenvalue weighted by Gasteiger charge is -2.15. The summed E-state index contributed by atoms with van der Waals surface area (Å²) in [7, 11) is 0. The molecule has 0 fully saturated rings. The second kappa shape index (κ2) is 5.47. The monoisotopic (exact) mass is 268 g/mol. The van der Waals surface area contributed by atoms with Crippen LogP contribution in [-0.2, 0) is 6.54 Å². The number of fused-ring (bicyclic) bond motifs is 1. The van der Waals surface area contributed by atoms with Crippen molar-refractivity contribution in [2.45, 2.75) is 19.5 Å². The third-order valence-corrected chi connectivity index (χ3v) is 3.63. The first-order valence-corrected chi connectivity index (χ1v) is 6.78. The molecule has 0 spiro atoms. The van der Waals surface area contributed by atoms with Crippen molar-refractivity contribution in [2.75, 3.05) is 0 Å². The molecule has 0 saturated heterocycles. The summed E-state index contributed by atoms with van der Waals surface area (Å²) in [6.07, 6.45) is 1.95. The molecule has 3 aromatic rings. The third kappa shape index (κ3) is 2.58. The first kappa shape index (κ1) is 12.9. The molecule has 1 atom stereocenters. The summed E-state index contributed by atoms with van der Waals surface area (Å²) in [6.45, 7) is 2.80. The number of aromatic amines is 1. The Labute approximate surface area is 117 Å². The normalized spacial score (nSPS) is 12.7. The van der Waals surface area contributed by atoms with E-state index in [9.17, 15) is 4.39 Å². The molecule has 102 valence electrons. The Balaban J connectivity index is 1.74. The van der Waals surface area contributed by atoms with Crippen molar-refractivity contribution in [2.24, 2.45) is 0 Å². The fourth-order valence-electron chi connectivity index (χ4n) is 2.46. The van der Waals surface area contributed by atoms with Gasteiger partial charge in [-0.25, -0.2) is 4.39 Å². The molecule has 1 unspecified atom stereocenters. The van der Waals surface area contributed by atoms with Gasteiger partial charge in [0.2, 0.25) is 0 Å². The predicted molar refractivity (Wildman–Crippen MR) is 80.0 cm³/mol. The summed E-state index contributed by atoms with van der Waals surface area (Å²) in [5, 5.41) is 4.67. The molecule has 0 amide bonds. The fraction of sp³-hybridized carbons (Fsp3) is 0.176. The van der Waals surface area contributed by atoms with Crippen molar-refractivity contribution in [3.8, 4) is 0 Å². The molecule has 2 nitrogen and oxygen atoms in total. The average Bonchev–Trinajstić information content (AvgIpc) is 2.93. The lowest BCUT2D eigenvalue weighted by molar-refractivity contribution is 0.566. The number of halogens is 1. The smallest absolute Gasteiger partial charge is 0.123 e. The Morgan fingerprint density at radius 2 is 2.00 bits per heavy atom. The first-order valence-electron chi connectivity index (χ1n) is 6.78. The molecular weight excluding hydrogens is 251 g/mol. The molecule has 3 heteroatoms. The van der Waals surface area contributed by atoms with Gasteiger partial charge in [-0.15, -0.1) is 0 Å². The number of H-pyrrole nitrogens is 1. The number of hydrogen-bond acceptors (Lipinski definition) is 1. The van der Waals surface area contributed by atoms with E-state index in [4.69, 9.17) is 0 Å². The molecule has 0 bridgehead atoms. The van der Waals surface area contributed by atoms with Crippen LogP contribution >= 0.6 is 0 Å². The second-order valence-electron chi connectivity index (χ2n) is 5.01. The molecule has 2 N–H and O–H groups in total. The minimum Gasteiger partial charge on any atom is -0.361 e. The molecule has 0 aliphatic heterocycles. The van der Waals surface area contributed by atoms with Gasteiger partial charge in [-0.3, -0.25) is 0 Å². The van der Waals surface area contributed by atoms with Crippen LogP contribution < -0.4 is 5.32 Å². The van der Waals surface area contributed by atoms with Crippen molar-refractivity contribution in [3.05, 3.63) is 71.7 Å². The molecule has 3 rings (SSSR count). The minimum atomic E-state index is -0.191. The molecule has 0 radical (unpaired) electrons. The van der Waals surface area contributed by atoms with E-state index in [2.05, 4.69) is 28.5 Å². The lowest BCUT2D eigenvalue weighted by atomic mass is 10.1. The van der Waals surface area contributed by atoms with Gasteiger partial charge in [0.05, 0.1) is 0 Å². The van der Waals surface area contributed by atoms with E-state index >= 15 is 0 Å². The van der Waals surface area contributed by atoms with Gasteiger partial charge in [-0.1, -0.05) is 24.3 Å². The maximum atomic E-state index is 13.2. The van der Waals surface area contributed by atoms with Gasteiger partial charge < -0.3 is 10.3 Å².